The van der Waals surface area contributed by atoms with Gasteiger partial charge in [-0.3, -0.25) is 4.79 Å². The Morgan fingerprint density at radius 3 is 2.62 bits per heavy atom. The van der Waals surface area contributed by atoms with Crippen LogP contribution in [0, 0.1) is 0 Å². The van der Waals surface area contributed by atoms with Crippen molar-refractivity contribution in [3.63, 3.8) is 0 Å². The number of carbonyl (C=O) groups excluding carboxylic acids is 1. The van der Waals surface area contributed by atoms with Crippen LogP contribution in [-0.4, -0.2) is 10.9 Å². The van der Waals surface area contributed by atoms with Gasteiger partial charge in [0.2, 0.25) is 11.8 Å². The van der Waals surface area contributed by atoms with E-state index in [1.165, 1.54) is 0 Å². The molecule has 4 nitrogen and oxygen atoms in total. The van der Waals surface area contributed by atoms with Crippen LogP contribution < -0.4 is 5.32 Å². The van der Waals surface area contributed by atoms with Crippen molar-refractivity contribution in [2.45, 2.75) is 19.4 Å². The maximum absolute atomic E-state index is 11.8. The van der Waals surface area contributed by atoms with E-state index in [-0.39, 0.29) is 5.91 Å². The molecule has 1 heterocycles. The van der Waals surface area contributed by atoms with Gasteiger partial charge in [0.1, 0.15) is 5.52 Å². The van der Waals surface area contributed by atoms with Crippen LogP contribution in [0.2, 0.25) is 0 Å². The Kier molecular flexibility index (Phi) is 3.96. The molecule has 0 bridgehead atoms. The second kappa shape index (κ2) is 6.22. The van der Waals surface area contributed by atoms with E-state index in [1.807, 2.05) is 54.6 Å². The highest BCUT2D eigenvalue weighted by atomic mass is 16.3. The number of aromatic nitrogens is 1. The summed E-state index contributed by atoms with van der Waals surface area (Å²) in [7, 11) is 0. The van der Waals surface area contributed by atoms with Crippen molar-refractivity contribution in [1.82, 2.24) is 10.3 Å². The predicted molar refractivity (Wildman–Crippen MR) is 80.6 cm³/mol. The third-order valence-electron chi connectivity index (χ3n) is 3.26. The molecule has 106 valence electrons. The van der Waals surface area contributed by atoms with Gasteiger partial charge >= 0.3 is 0 Å². The van der Waals surface area contributed by atoms with Gasteiger partial charge in [-0.1, -0.05) is 42.5 Å². The summed E-state index contributed by atoms with van der Waals surface area (Å²) in [5.41, 5.74) is 2.71. The Labute approximate surface area is 122 Å². The minimum Gasteiger partial charge on any atom is -0.439 e. The zero-order valence-corrected chi connectivity index (χ0v) is 11.6. The van der Waals surface area contributed by atoms with Crippen LogP contribution in [0.4, 0.5) is 0 Å². The molecule has 0 aliphatic heterocycles. The quantitative estimate of drug-likeness (QED) is 0.781. The first-order chi connectivity index (χ1) is 10.3. The van der Waals surface area contributed by atoms with Crippen molar-refractivity contribution in [1.29, 1.82) is 0 Å². The van der Waals surface area contributed by atoms with Crippen LogP contribution in [0.5, 0.6) is 0 Å². The number of rotatable bonds is 5. The third-order valence-corrected chi connectivity index (χ3v) is 3.26. The van der Waals surface area contributed by atoms with Crippen molar-refractivity contribution in [2.24, 2.45) is 0 Å². The lowest BCUT2D eigenvalue weighted by atomic mass is 10.1. The van der Waals surface area contributed by atoms with E-state index in [0.717, 1.165) is 23.1 Å². The number of benzene rings is 2. The fourth-order valence-electron chi connectivity index (χ4n) is 2.16. The second-order valence-corrected chi connectivity index (χ2v) is 4.84. The molecule has 0 saturated heterocycles. The molecule has 2 aromatic carbocycles. The fourth-order valence-corrected chi connectivity index (χ4v) is 2.16. The zero-order valence-electron chi connectivity index (χ0n) is 11.6. The molecule has 1 amide bonds. The molecule has 3 rings (SSSR count). The van der Waals surface area contributed by atoms with Gasteiger partial charge in [0.25, 0.3) is 0 Å². The van der Waals surface area contributed by atoms with Gasteiger partial charge in [0.05, 0.1) is 6.54 Å². The first kappa shape index (κ1) is 13.4. The molecule has 0 aliphatic rings. The lowest BCUT2D eigenvalue weighted by Gasteiger charge is -2.02. The maximum atomic E-state index is 11.8. The minimum atomic E-state index is 0.00103. The molecular formula is C17H16N2O2. The molecule has 4 heteroatoms. The predicted octanol–water partition coefficient (Wildman–Crippen LogP) is 3.08. The number of amides is 1. The Balaban J connectivity index is 1.51. The van der Waals surface area contributed by atoms with Crippen molar-refractivity contribution < 1.29 is 9.21 Å². The molecule has 0 unspecified atom stereocenters. The van der Waals surface area contributed by atoms with Crippen molar-refractivity contribution >= 4 is 17.0 Å². The summed E-state index contributed by atoms with van der Waals surface area (Å²) in [5, 5.41) is 2.83. The number of aryl methyl sites for hydroxylation is 1. The standard InChI is InChI=1S/C17H16N2O2/c20-16(11-10-13-6-2-1-3-7-13)18-12-17-19-14-8-4-5-9-15(14)21-17/h1-9H,10-12H2,(H,18,20). The van der Waals surface area contributed by atoms with E-state index < -0.39 is 0 Å². The fraction of sp³-hybridized carbons (Fsp3) is 0.176. The van der Waals surface area contributed by atoms with E-state index in [0.29, 0.717) is 18.9 Å². The molecule has 0 radical (unpaired) electrons. The van der Waals surface area contributed by atoms with Crippen LogP contribution >= 0.6 is 0 Å². The summed E-state index contributed by atoms with van der Waals surface area (Å²) in [6, 6.07) is 17.5. The maximum Gasteiger partial charge on any atom is 0.220 e. The monoisotopic (exact) mass is 280 g/mol. The van der Waals surface area contributed by atoms with E-state index in [4.69, 9.17) is 4.42 Å². The average molecular weight is 280 g/mol. The molecule has 21 heavy (non-hydrogen) atoms. The zero-order chi connectivity index (χ0) is 14.5. The van der Waals surface area contributed by atoms with Crippen LogP contribution in [0.3, 0.4) is 0 Å². The Bertz CT molecular complexity index is 702. The molecule has 0 fully saturated rings. The molecule has 0 saturated carbocycles. The van der Waals surface area contributed by atoms with E-state index in [2.05, 4.69) is 10.3 Å². The lowest BCUT2D eigenvalue weighted by Crippen LogP contribution is -2.23. The van der Waals surface area contributed by atoms with Crippen LogP contribution in [0.25, 0.3) is 11.1 Å². The topological polar surface area (TPSA) is 55.1 Å². The van der Waals surface area contributed by atoms with Crippen LogP contribution in [-0.2, 0) is 17.8 Å². The van der Waals surface area contributed by atoms with Gasteiger partial charge in [0.15, 0.2) is 5.58 Å². The van der Waals surface area contributed by atoms with Crippen LogP contribution in [0.15, 0.2) is 59.0 Å². The summed E-state index contributed by atoms with van der Waals surface area (Å²) >= 11 is 0. The number of para-hydroxylation sites is 2. The molecular weight excluding hydrogens is 264 g/mol. The van der Waals surface area contributed by atoms with Gasteiger partial charge in [-0.25, -0.2) is 4.98 Å². The van der Waals surface area contributed by atoms with Gasteiger partial charge in [-0.05, 0) is 24.1 Å². The summed E-state index contributed by atoms with van der Waals surface area (Å²) in [6.45, 7) is 0.322. The van der Waals surface area contributed by atoms with Gasteiger partial charge in [0, 0.05) is 6.42 Å². The largest absolute Gasteiger partial charge is 0.439 e. The molecule has 1 aromatic heterocycles. The average Bonchev–Trinajstić information content (AvgIpc) is 2.95. The SMILES string of the molecule is O=C(CCc1ccccc1)NCc1nc2ccccc2o1. The molecule has 0 atom stereocenters. The normalized spacial score (nSPS) is 10.7. The number of nitrogens with zero attached hydrogens (tertiary/aromatic N) is 1. The highest BCUT2D eigenvalue weighted by molar-refractivity contribution is 5.76. The summed E-state index contributed by atoms with van der Waals surface area (Å²) in [4.78, 5) is 16.1. The number of hydrogen-bond acceptors (Lipinski definition) is 3. The summed E-state index contributed by atoms with van der Waals surface area (Å²) in [6.07, 6.45) is 1.20. The minimum absolute atomic E-state index is 0.00103. The number of fused-ring (bicyclic) bond motifs is 1. The Morgan fingerprint density at radius 1 is 1.05 bits per heavy atom. The van der Waals surface area contributed by atoms with Crippen molar-refractivity contribution in [3.05, 3.63) is 66.1 Å². The summed E-state index contributed by atoms with van der Waals surface area (Å²) < 4.78 is 5.56. The van der Waals surface area contributed by atoms with Crippen LogP contribution in [0.1, 0.15) is 17.9 Å². The number of hydrogen-bond donors (Lipinski definition) is 1. The Hall–Kier alpha value is -2.62. The highest BCUT2D eigenvalue weighted by Crippen LogP contribution is 2.14. The molecule has 0 aliphatic carbocycles. The van der Waals surface area contributed by atoms with Gasteiger partial charge in [-0.2, -0.15) is 0 Å². The number of oxazole rings is 1. The molecule has 3 aromatic rings. The first-order valence-electron chi connectivity index (χ1n) is 6.96. The van der Waals surface area contributed by atoms with E-state index in [9.17, 15) is 4.79 Å². The third kappa shape index (κ3) is 3.48. The molecule has 1 N–H and O–H groups in total. The second-order valence-electron chi connectivity index (χ2n) is 4.84. The number of nitrogens with one attached hydrogen (secondary N) is 1. The first-order valence-corrected chi connectivity index (χ1v) is 6.96. The summed E-state index contributed by atoms with van der Waals surface area (Å²) in [5.74, 6) is 0.533. The Morgan fingerprint density at radius 2 is 1.81 bits per heavy atom. The van der Waals surface area contributed by atoms with Gasteiger partial charge < -0.3 is 9.73 Å². The van der Waals surface area contributed by atoms with E-state index >= 15 is 0 Å². The smallest absolute Gasteiger partial charge is 0.220 e. The van der Waals surface area contributed by atoms with E-state index in [1.54, 1.807) is 0 Å². The highest BCUT2D eigenvalue weighted by Gasteiger charge is 2.07. The van der Waals surface area contributed by atoms with Crippen molar-refractivity contribution in [3.8, 4) is 0 Å². The van der Waals surface area contributed by atoms with Crippen molar-refractivity contribution in [2.75, 3.05) is 0 Å². The van der Waals surface area contributed by atoms with Gasteiger partial charge in [-0.15, -0.1) is 0 Å². The lowest BCUT2D eigenvalue weighted by molar-refractivity contribution is -0.121. The number of carbonyl (C=O) groups is 1. The molecule has 0 spiro atoms.